The Morgan fingerprint density at radius 1 is 1.05 bits per heavy atom. The monoisotopic (exact) mass is 772 g/mol. The number of piperazine rings is 1. The third kappa shape index (κ3) is 6.04. The summed E-state index contributed by atoms with van der Waals surface area (Å²) in [5.74, 6) is -0.565. The molecule has 0 saturated carbocycles. The third-order valence-electron chi connectivity index (χ3n) is 11.6. The number of fused-ring (bicyclic) bond motifs is 10. The number of phenols is 2. The minimum absolute atomic E-state index is 0.00483. The first-order valence-electron chi connectivity index (χ1n) is 18.2. The van der Waals surface area contributed by atoms with Gasteiger partial charge in [0.05, 0.1) is 30.5 Å². The Bertz CT molecular complexity index is 2100. The summed E-state index contributed by atoms with van der Waals surface area (Å²) < 4.78 is 23.5. The summed E-state index contributed by atoms with van der Waals surface area (Å²) in [7, 11) is 3.43. The van der Waals surface area contributed by atoms with Crippen molar-refractivity contribution in [2.24, 2.45) is 0 Å². The Morgan fingerprint density at radius 3 is 2.55 bits per heavy atom. The molecule has 0 radical (unpaired) electrons. The number of aryl methyl sites for hydroxylation is 1. The number of hydrogen-bond acceptors (Lipinski definition) is 13. The van der Waals surface area contributed by atoms with Crippen LogP contribution >= 0.6 is 11.8 Å². The number of nitrogens with zero attached hydrogens (tertiary/aromatic N) is 2. The van der Waals surface area contributed by atoms with Crippen LogP contribution in [0, 0.1) is 13.8 Å². The molecule has 6 heterocycles. The van der Waals surface area contributed by atoms with Crippen molar-refractivity contribution in [3.63, 3.8) is 0 Å². The van der Waals surface area contributed by atoms with Gasteiger partial charge in [0, 0.05) is 40.1 Å². The van der Waals surface area contributed by atoms with Crippen LogP contribution in [-0.2, 0) is 25.5 Å². The molecule has 5 N–H and O–H groups in total. The van der Waals surface area contributed by atoms with Crippen LogP contribution < -0.4 is 24.8 Å². The molecule has 55 heavy (non-hydrogen) atoms. The van der Waals surface area contributed by atoms with E-state index in [1.165, 1.54) is 31.9 Å². The molecule has 2 fully saturated rings. The number of aliphatic hydroxyl groups excluding tert-OH is 1. The highest BCUT2D eigenvalue weighted by molar-refractivity contribution is 7.99. The van der Waals surface area contributed by atoms with Gasteiger partial charge in [-0.1, -0.05) is 36.4 Å². The molecule has 0 aromatic heterocycles. The fraction of sp³-hybridized carbons (Fsp3) is 0.425. The van der Waals surface area contributed by atoms with E-state index >= 15 is 0 Å². The molecule has 0 aliphatic carbocycles. The van der Waals surface area contributed by atoms with E-state index in [9.17, 15) is 29.7 Å². The number of aromatic hydroxyl groups is 2. The number of carbonyl (C=O) groups excluding carboxylic acids is 3. The van der Waals surface area contributed by atoms with E-state index in [4.69, 9.17) is 18.9 Å². The number of aliphatic hydroxyl groups is 1. The van der Waals surface area contributed by atoms with E-state index in [0.29, 0.717) is 45.9 Å². The Kier molecular flexibility index (Phi) is 9.60. The Labute approximate surface area is 322 Å². The standard InChI is InChI=1S/C40H44N4O10S/c1-18-13-22-14-24-39(49)44-25-15-52-40(50)23(42-38(48)20(3)41-26(45)12-11-21-9-7-6-8-10-21)16-55-37(29-28(25)36-35(53-17-54-36)19(2)32(29)46)31(44)30(43(24)4)27(22)33(47)34(18)51-5/h6-13,20,23-25,30-31,37,39,46-47,49H,14-17H2,1-5H3,(H,41,45)(H,42,48)/b12-11+/t20?,23-,24-,25-,30-,31?,37+,39-/m0/s1. The van der Waals surface area contributed by atoms with Gasteiger partial charge in [0.15, 0.2) is 23.0 Å². The van der Waals surface area contributed by atoms with Gasteiger partial charge in [0.25, 0.3) is 0 Å². The zero-order valence-electron chi connectivity index (χ0n) is 31.1. The predicted octanol–water partition coefficient (Wildman–Crippen LogP) is 3.14. The van der Waals surface area contributed by atoms with Crippen LogP contribution in [0.5, 0.6) is 28.7 Å². The second-order valence-electron chi connectivity index (χ2n) is 14.7. The van der Waals surface area contributed by atoms with Gasteiger partial charge in [-0.15, -0.1) is 11.8 Å². The topological polar surface area (TPSA) is 179 Å². The Hall–Kier alpha value is -4.96. The van der Waals surface area contributed by atoms with Crippen molar-refractivity contribution in [2.45, 2.75) is 74.9 Å². The highest BCUT2D eigenvalue weighted by atomic mass is 32.2. The molecule has 290 valence electrons. The van der Waals surface area contributed by atoms with Crippen LogP contribution in [0.1, 0.15) is 63.2 Å². The molecule has 2 unspecified atom stereocenters. The van der Waals surface area contributed by atoms with Crippen molar-refractivity contribution < 1.29 is 48.7 Å². The van der Waals surface area contributed by atoms with Crippen LogP contribution in [0.25, 0.3) is 6.08 Å². The number of amides is 2. The largest absolute Gasteiger partial charge is 0.507 e. The SMILES string of the molecule is COc1c(C)cc2c(c1O)[C@H]1C3[C@@H]4SC[C@H](NC(=O)C(C)NC(=O)/C=C/c5ccccc5)C(=O)OC[C@@H](c5c6c(c(C)c(O)c54)OCO6)N3[C@@H](O)[C@H](C2)N1C. The molecule has 15 heteroatoms. The second-order valence-corrected chi connectivity index (χ2v) is 15.9. The molecule has 2 saturated heterocycles. The van der Waals surface area contributed by atoms with Crippen molar-refractivity contribution in [3.8, 4) is 28.7 Å². The number of thioether (sulfide) groups is 1. The molecule has 0 spiro atoms. The zero-order valence-corrected chi connectivity index (χ0v) is 31.9. The van der Waals surface area contributed by atoms with Crippen LogP contribution in [-0.4, -0.2) is 107 Å². The van der Waals surface area contributed by atoms with Crippen molar-refractivity contribution in [1.29, 1.82) is 0 Å². The maximum Gasteiger partial charge on any atom is 0.329 e. The number of nitrogens with one attached hydrogen (secondary N) is 2. The molecule has 3 aromatic carbocycles. The van der Waals surface area contributed by atoms with Crippen LogP contribution in [0.3, 0.4) is 0 Å². The average molecular weight is 773 g/mol. The second kappa shape index (κ2) is 14.3. The number of benzene rings is 3. The van der Waals surface area contributed by atoms with Crippen LogP contribution in [0.15, 0.2) is 42.5 Å². The van der Waals surface area contributed by atoms with Gasteiger partial charge in [-0.05, 0) is 57.0 Å². The highest BCUT2D eigenvalue weighted by Gasteiger charge is 2.60. The molecule has 3 aromatic rings. The number of likely N-dealkylation sites (N-methyl/N-ethyl adjacent to an activating group) is 1. The lowest BCUT2D eigenvalue weighted by molar-refractivity contribution is -0.184. The van der Waals surface area contributed by atoms with Crippen molar-refractivity contribution in [1.82, 2.24) is 20.4 Å². The maximum atomic E-state index is 13.8. The van der Waals surface area contributed by atoms with Crippen molar-refractivity contribution in [3.05, 3.63) is 81.4 Å². The summed E-state index contributed by atoms with van der Waals surface area (Å²) in [6.07, 6.45) is 2.36. The van der Waals surface area contributed by atoms with Crippen molar-refractivity contribution in [2.75, 3.05) is 33.3 Å². The van der Waals surface area contributed by atoms with E-state index in [1.807, 2.05) is 55.3 Å². The summed E-state index contributed by atoms with van der Waals surface area (Å²) in [5, 5.41) is 41.0. The van der Waals surface area contributed by atoms with E-state index in [-0.39, 0.29) is 30.7 Å². The normalized spacial score (nSPS) is 27.4. The van der Waals surface area contributed by atoms with Gasteiger partial charge in [-0.3, -0.25) is 19.4 Å². The fourth-order valence-electron chi connectivity index (χ4n) is 8.98. The minimum atomic E-state index is -1.13. The van der Waals surface area contributed by atoms with Crippen molar-refractivity contribution >= 4 is 35.6 Å². The first-order chi connectivity index (χ1) is 26.4. The summed E-state index contributed by atoms with van der Waals surface area (Å²) in [5.41, 5.74) is 4.74. The van der Waals surface area contributed by atoms with Gasteiger partial charge in [-0.2, -0.15) is 0 Å². The van der Waals surface area contributed by atoms with Crippen LogP contribution in [0.4, 0.5) is 0 Å². The van der Waals surface area contributed by atoms with Gasteiger partial charge in [0.2, 0.25) is 18.6 Å². The summed E-state index contributed by atoms with van der Waals surface area (Å²) in [6, 6.07) is 6.84. The molecule has 6 aliphatic rings. The Morgan fingerprint density at radius 2 is 1.80 bits per heavy atom. The summed E-state index contributed by atoms with van der Waals surface area (Å²) in [6.45, 7) is 4.83. The van der Waals surface area contributed by atoms with Gasteiger partial charge in [0.1, 0.15) is 30.7 Å². The fourth-order valence-corrected chi connectivity index (χ4v) is 10.5. The third-order valence-corrected chi connectivity index (χ3v) is 13.0. The molecule has 8 atom stereocenters. The van der Waals surface area contributed by atoms with E-state index in [2.05, 4.69) is 15.5 Å². The quantitative estimate of drug-likeness (QED) is 0.183. The number of methoxy groups -OCH3 is 1. The number of rotatable bonds is 6. The molecule has 9 rings (SSSR count). The van der Waals surface area contributed by atoms with Crippen LogP contribution in [0.2, 0.25) is 0 Å². The first kappa shape index (κ1) is 37.0. The molecule has 4 bridgehead atoms. The number of ether oxygens (including phenoxy) is 4. The number of carbonyl (C=O) groups is 3. The number of esters is 1. The lowest BCUT2D eigenvalue weighted by atomic mass is 9.73. The van der Waals surface area contributed by atoms with E-state index < -0.39 is 65.5 Å². The first-order valence-corrected chi connectivity index (χ1v) is 19.3. The van der Waals surface area contributed by atoms with Gasteiger partial charge >= 0.3 is 5.97 Å². The summed E-state index contributed by atoms with van der Waals surface area (Å²) in [4.78, 5) is 44.0. The lowest BCUT2D eigenvalue weighted by Crippen LogP contribution is -2.69. The number of hydrogen-bond donors (Lipinski definition) is 5. The maximum absolute atomic E-state index is 13.8. The summed E-state index contributed by atoms with van der Waals surface area (Å²) >= 11 is 1.32. The molecule has 2 amide bonds. The average Bonchev–Trinajstić information content (AvgIpc) is 3.66. The Balaban J connectivity index is 1.17. The van der Waals surface area contributed by atoms with Gasteiger partial charge in [-0.25, -0.2) is 4.79 Å². The molecule has 6 aliphatic heterocycles. The highest BCUT2D eigenvalue weighted by Crippen LogP contribution is 2.63. The van der Waals surface area contributed by atoms with E-state index in [0.717, 1.165) is 16.7 Å². The number of phenolic OH excluding ortho intramolecular Hbond substituents is 2. The minimum Gasteiger partial charge on any atom is -0.507 e. The van der Waals surface area contributed by atoms with Gasteiger partial charge < -0.3 is 44.9 Å². The predicted molar refractivity (Wildman–Crippen MR) is 202 cm³/mol. The molecule has 14 nitrogen and oxygen atoms in total. The molecular formula is C40H44N4O10S. The van der Waals surface area contributed by atoms with E-state index in [1.54, 1.807) is 13.0 Å². The zero-order chi connectivity index (χ0) is 38.9. The smallest absolute Gasteiger partial charge is 0.329 e. The lowest BCUT2D eigenvalue weighted by Gasteiger charge is -2.61. The molecular weight excluding hydrogens is 729 g/mol.